The predicted octanol–water partition coefficient (Wildman–Crippen LogP) is 3.06. The van der Waals surface area contributed by atoms with Crippen molar-refractivity contribution in [3.05, 3.63) is 29.3 Å². The Morgan fingerprint density at radius 3 is 2.53 bits per heavy atom. The van der Waals surface area contributed by atoms with Gasteiger partial charge in [-0.05, 0) is 25.0 Å². The number of aliphatic imine (C=N–C) groups is 1. The van der Waals surface area contributed by atoms with Crippen LogP contribution in [0.25, 0.3) is 0 Å². The van der Waals surface area contributed by atoms with Crippen molar-refractivity contribution in [1.29, 1.82) is 0 Å². The Balaban J connectivity index is 3.05. The first kappa shape index (κ1) is 11.6. The van der Waals surface area contributed by atoms with Gasteiger partial charge >= 0.3 is 0 Å². The van der Waals surface area contributed by atoms with Gasteiger partial charge in [0.1, 0.15) is 0 Å². The van der Waals surface area contributed by atoms with Crippen LogP contribution in [0.5, 0.6) is 0 Å². The molecule has 0 bridgehead atoms. The number of nitrogens with zero attached hydrogens (tertiary/aromatic N) is 1. The number of aryl methyl sites for hydroxylation is 1. The van der Waals surface area contributed by atoms with Crippen LogP contribution >= 0.6 is 0 Å². The molecule has 1 rings (SSSR count). The van der Waals surface area contributed by atoms with Crippen molar-refractivity contribution in [1.82, 2.24) is 0 Å². The minimum atomic E-state index is -0.899. The molecule has 0 radical (unpaired) electrons. The number of halogens is 2. The van der Waals surface area contributed by atoms with Crippen LogP contribution in [0, 0.1) is 18.6 Å². The highest BCUT2D eigenvalue weighted by molar-refractivity contribution is 5.83. The molecule has 0 fully saturated rings. The van der Waals surface area contributed by atoms with Gasteiger partial charge in [0.25, 0.3) is 0 Å². The van der Waals surface area contributed by atoms with E-state index in [1.807, 2.05) is 6.92 Å². The fourth-order valence-corrected chi connectivity index (χ4v) is 1.22. The van der Waals surface area contributed by atoms with E-state index in [9.17, 15) is 8.78 Å². The second-order valence-corrected chi connectivity index (χ2v) is 3.41. The van der Waals surface area contributed by atoms with Crippen molar-refractivity contribution in [2.45, 2.75) is 26.7 Å². The lowest BCUT2D eigenvalue weighted by molar-refractivity contribution is 0.508. The van der Waals surface area contributed by atoms with Gasteiger partial charge in [0.05, 0.1) is 11.5 Å². The minimum absolute atomic E-state index is 0.389. The summed E-state index contributed by atoms with van der Waals surface area (Å²) in [4.78, 5) is 4.04. The van der Waals surface area contributed by atoms with E-state index in [0.29, 0.717) is 23.5 Å². The van der Waals surface area contributed by atoms with Crippen LogP contribution in [0.2, 0.25) is 0 Å². The molecule has 1 aromatic carbocycles. The molecule has 0 unspecified atom stereocenters. The maximum Gasteiger partial charge on any atom is 0.160 e. The summed E-state index contributed by atoms with van der Waals surface area (Å²) in [5, 5.41) is 0. The van der Waals surface area contributed by atoms with Gasteiger partial charge in [-0.15, -0.1) is 0 Å². The standard InChI is InChI=1S/C11H14F2N2/c1-3-4-11(14)15-10-6-9(13)8(12)5-7(10)2/h5-6H,3-4H2,1-2H3,(H2,14,15). The average molecular weight is 212 g/mol. The Morgan fingerprint density at radius 1 is 1.33 bits per heavy atom. The summed E-state index contributed by atoms with van der Waals surface area (Å²) < 4.78 is 25.7. The van der Waals surface area contributed by atoms with E-state index in [-0.39, 0.29) is 0 Å². The number of hydrogen-bond acceptors (Lipinski definition) is 1. The lowest BCUT2D eigenvalue weighted by Crippen LogP contribution is -2.10. The van der Waals surface area contributed by atoms with Crippen LogP contribution < -0.4 is 5.73 Å². The van der Waals surface area contributed by atoms with Crippen molar-refractivity contribution in [2.75, 3.05) is 0 Å². The number of hydrogen-bond donors (Lipinski definition) is 1. The summed E-state index contributed by atoms with van der Waals surface area (Å²) in [6.45, 7) is 3.64. The summed E-state index contributed by atoms with van der Waals surface area (Å²) in [5.74, 6) is -1.32. The Kier molecular flexibility index (Phi) is 3.77. The second kappa shape index (κ2) is 4.87. The van der Waals surface area contributed by atoms with E-state index < -0.39 is 11.6 Å². The van der Waals surface area contributed by atoms with Crippen molar-refractivity contribution in [3.8, 4) is 0 Å². The van der Waals surface area contributed by atoms with Crippen LogP contribution in [0.15, 0.2) is 17.1 Å². The van der Waals surface area contributed by atoms with Crippen LogP contribution in [0.1, 0.15) is 25.3 Å². The summed E-state index contributed by atoms with van der Waals surface area (Å²) in [6.07, 6.45) is 1.52. The Hall–Kier alpha value is -1.45. The lowest BCUT2D eigenvalue weighted by atomic mass is 10.2. The monoisotopic (exact) mass is 212 g/mol. The summed E-state index contributed by atoms with van der Waals surface area (Å²) in [7, 11) is 0. The van der Waals surface area contributed by atoms with Gasteiger partial charge in [-0.3, -0.25) is 0 Å². The van der Waals surface area contributed by atoms with Gasteiger partial charge in [-0.1, -0.05) is 6.92 Å². The van der Waals surface area contributed by atoms with Gasteiger partial charge in [0, 0.05) is 12.5 Å². The summed E-state index contributed by atoms with van der Waals surface area (Å²) in [5.41, 5.74) is 6.57. The van der Waals surface area contributed by atoms with E-state index >= 15 is 0 Å². The fourth-order valence-electron chi connectivity index (χ4n) is 1.22. The number of amidine groups is 1. The molecule has 2 N–H and O–H groups in total. The molecule has 4 heteroatoms. The van der Waals surface area contributed by atoms with Crippen molar-refractivity contribution in [3.63, 3.8) is 0 Å². The third-order valence-electron chi connectivity index (χ3n) is 2.01. The molecule has 0 aromatic heterocycles. The summed E-state index contributed by atoms with van der Waals surface area (Å²) >= 11 is 0. The topological polar surface area (TPSA) is 38.4 Å². The number of benzene rings is 1. The molecular formula is C11H14F2N2. The van der Waals surface area contributed by atoms with Crippen LogP contribution in [-0.2, 0) is 0 Å². The van der Waals surface area contributed by atoms with Crippen LogP contribution in [0.4, 0.5) is 14.5 Å². The van der Waals surface area contributed by atoms with Gasteiger partial charge < -0.3 is 5.73 Å². The summed E-state index contributed by atoms with van der Waals surface area (Å²) in [6, 6.07) is 2.18. The minimum Gasteiger partial charge on any atom is -0.387 e. The van der Waals surface area contributed by atoms with E-state index in [1.165, 1.54) is 0 Å². The van der Waals surface area contributed by atoms with E-state index in [2.05, 4.69) is 4.99 Å². The molecule has 0 amide bonds. The molecule has 0 heterocycles. The molecule has 0 aliphatic carbocycles. The zero-order valence-electron chi connectivity index (χ0n) is 8.85. The molecule has 0 saturated carbocycles. The average Bonchev–Trinajstić information content (AvgIpc) is 2.14. The zero-order valence-corrected chi connectivity index (χ0v) is 8.85. The first-order valence-corrected chi connectivity index (χ1v) is 4.83. The van der Waals surface area contributed by atoms with Gasteiger partial charge in [0.2, 0.25) is 0 Å². The quantitative estimate of drug-likeness (QED) is 0.607. The smallest absolute Gasteiger partial charge is 0.160 e. The SMILES string of the molecule is CCC/C(N)=N\c1cc(F)c(F)cc1C. The first-order chi connectivity index (χ1) is 7.04. The molecule has 82 valence electrons. The van der Waals surface area contributed by atoms with E-state index in [1.54, 1.807) is 6.92 Å². The highest BCUT2D eigenvalue weighted by atomic mass is 19.2. The van der Waals surface area contributed by atoms with Gasteiger partial charge in [-0.2, -0.15) is 0 Å². The Labute approximate surface area is 87.8 Å². The van der Waals surface area contributed by atoms with E-state index in [0.717, 1.165) is 18.6 Å². The van der Waals surface area contributed by atoms with Gasteiger partial charge in [0.15, 0.2) is 11.6 Å². The van der Waals surface area contributed by atoms with Crippen LogP contribution in [-0.4, -0.2) is 5.84 Å². The van der Waals surface area contributed by atoms with Gasteiger partial charge in [-0.25, -0.2) is 13.8 Å². The molecule has 15 heavy (non-hydrogen) atoms. The number of nitrogens with two attached hydrogens (primary N) is 1. The highest BCUT2D eigenvalue weighted by Gasteiger charge is 2.06. The molecule has 0 spiro atoms. The van der Waals surface area contributed by atoms with Crippen molar-refractivity contribution >= 4 is 11.5 Å². The predicted molar refractivity (Wildman–Crippen MR) is 57.3 cm³/mol. The van der Waals surface area contributed by atoms with Crippen molar-refractivity contribution in [2.24, 2.45) is 10.7 Å². The normalized spacial score (nSPS) is 11.9. The zero-order chi connectivity index (χ0) is 11.4. The Morgan fingerprint density at radius 2 is 1.93 bits per heavy atom. The van der Waals surface area contributed by atoms with Crippen LogP contribution in [0.3, 0.4) is 0 Å². The maximum absolute atomic E-state index is 12.9. The lowest BCUT2D eigenvalue weighted by Gasteiger charge is -2.03. The molecule has 0 aliphatic rings. The third kappa shape index (κ3) is 3.01. The molecule has 0 saturated heterocycles. The highest BCUT2D eigenvalue weighted by Crippen LogP contribution is 2.22. The molecule has 1 aromatic rings. The fraction of sp³-hybridized carbons (Fsp3) is 0.364. The van der Waals surface area contributed by atoms with Crippen molar-refractivity contribution < 1.29 is 8.78 Å². The third-order valence-corrected chi connectivity index (χ3v) is 2.01. The maximum atomic E-state index is 12.9. The molecule has 2 nitrogen and oxygen atoms in total. The molecule has 0 atom stereocenters. The van der Waals surface area contributed by atoms with E-state index in [4.69, 9.17) is 5.73 Å². The molecule has 0 aliphatic heterocycles. The molecular weight excluding hydrogens is 198 g/mol. The second-order valence-electron chi connectivity index (χ2n) is 3.41. The first-order valence-electron chi connectivity index (χ1n) is 4.83. The Bertz CT molecular complexity index is 386. The largest absolute Gasteiger partial charge is 0.387 e. The number of rotatable bonds is 3.